The zero-order chi connectivity index (χ0) is 36.6. The summed E-state index contributed by atoms with van der Waals surface area (Å²) in [6.45, 7) is 8.12. The number of hydrogen-bond acceptors (Lipinski definition) is 2. The van der Waals surface area contributed by atoms with Crippen LogP contribution in [-0.2, 0) is 0 Å². The smallest absolute Gasteiger partial charge is 0.195 e. The summed E-state index contributed by atoms with van der Waals surface area (Å²) in [7, 11) is 0. The number of nitriles is 1. The largest absolute Gasteiger partial charge is 0.309 e. The van der Waals surface area contributed by atoms with Crippen molar-refractivity contribution in [2.75, 3.05) is 0 Å². The molecule has 0 radical (unpaired) electrons. The fraction of sp³-hybridized carbons (Fsp3) is 0. The third-order valence-electron chi connectivity index (χ3n) is 11.0. The molecule has 0 aliphatic heterocycles. The van der Waals surface area contributed by atoms with Crippen molar-refractivity contribution in [2.45, 2.75) is 0 Å². The van der Waals surface area contributed by atoms with Crippen LogP contribution in [0.4, 0.5) is 5.69 Å². The summed E-state index contributed by atoms with van der Waals surface area (Å²) in [5.74, 6) is 0. The number of hydrogen-bond donors (Lipinski definition) is 0. The molecule has 3 aromatic heterocycles. The molecular formula is C50H28N4S. The molecule has 0 amide bonds. The van der Waals surface area contributed by atoms with Crippen molar-refractivity contribution in [3.05, 3.63) is 187 Å². The lowest BCUT2D eigenvalue weighted by atomic mass is 9.96. The third kappa shape index (κ3) is 4.68. The Bertz CT molecular complexity index is 3140. The second-order valence-corrected chi connectivity index (χ2v) is 15.0. The van der Waals surface area contributed by atoms with Gasteiger partial charge in [-0.3, -0.25) is 0 Å². The Morgan fingerprint density at radius 1 is 0.455 bits per heavy atom. The van der Waals surface area contributed by atoms with Gasteiger partial charge in [-0.1, -0.05) is 91.0 Å². The molecule has 4 nitrogen and oxygen atoms in total. The van der Waals surface area contributed by atoms with Gasteiger partial charge in [0.15, 0.2) is 5.69 Å². The van der Waals surface area contributed by atoms with Crippen molar-refractivity contribution in [1.29, 1.82) is 5.26 Å². The van der Waals surface area contributed by atoms with Gasteiger partial charge in [0.25, 0.3) is 0 Å². The van der Waals surface area contributed by atoms with Gasteiger partial charge in [-0.2, -0.15) is 5.26 Å². The van der Waals surface area contributed by atoms with Crippen LogP contribution in [0.1, 0.15) is 5.56 Å². The second kappa shape index (κ2) is 12.0. The van der Waals surface area contributed by atoms with Gasteiger partial charge < -0.3 is 9.13 Å². The van der Waals surface area contributed by atoms with E-state index in [1.54, 1.807) is 11.3 Å². The van der Waals surface area contributed by atoms with E-state index in [-0.39, 0.29) is 0 Å². The van der Waals surface area contributed by atoms with Crippen LogP contribution in [0.3, 0.4) is 0 Å². The Kier molecular flexibility index (Phi) is 6.82. The van der Waals surface area contributed by atoms with E-state index in [4.69, 9.17) is 6.57 Å². The van der Waals surface area contributed by atoms with Gasteiger partial charge in [-0.15, -0.1) is 11.3 Å². The monoisotopic (exact) mass is 716 g/mol. The van der Waals surface area contributed by atoms with Crippen molar-refractivity contribution >= 4 is 80.8 Å². The number of benzene rings is 8. The molecule has 0 saturated heterocycles. The second-order valence-electron chi connectivity index (χ2n) is 13.9. The SMILES string of the molecule is [C-]#[N+]c1ccc(-n2c3ccccc3c3ccccc32)cc1-c1ccc2sc3ccc(-c4cc(-n5c6ccccc6c6ccccc65)ccc4C#N)cc3c2c1. The molecule has 0 atom stereocenters. The molecule has 0 spiro atoms. The minimum absolute atomic E-state index is 0.615. The molecule has 11 rings (SSSR count). The lowest BCUT2D eigenvalue weighted by molar-refractivity contribution is 1.18. The third-order valence-corrected chi connectivity index (χ3v) is 12.1. The maximum Gasteiger partial charge on any atom is 0.195 e. The summed E-state index contributed by atoms with van der Waals surface area (Å²) in [5, 5.41) is 17.4. The van der Waals surface area contributed by atoms with E-state index in [1.165, 1.54) is 30.9 Å². The number of thiophene rings is 1. The predicted octanol–water partition coefficient (Wildman–Crippen LogP) is 14.0. The average molecular weight is 717 g/mol. The number of nitrogens with zero attached hydrogens (tertiary/aromatic N) is 4. The molecule has 11 aromatic rings. The van der Waals surface area contributed by atoms with Crippen LogP contribution in [0.15, 0.2) is 170 Å². The first kappa shape index (κ1) is 31.1. The highest BCUT2D eigenvalue weighted by Crippen LogP contribution is 2.42. The van der Waals surface area contributed by atoms with Gasteiger partial charge in [-0.05, 0) is 95.6 Å². The number of aromatic nitrogens is 2. The van der Waals surface area contributed by atoms with E-state index in [0.717, 1.165) is 66.5 Å². The van der Waals surface area contributed by atoms with Gasteiger partial charge in [0, 0.05) is 58.7 Å². The quantitative estimate of drug-likeness (QED) is 0.167. The molecule has 8 aromatic carbocycles. The summed E-state index contributed by atoms with van der Waals surface area (Å²) in [5.41, 5.74) is 11.6. The highest BCUT2D eigenvalue weighted by molar-refractivity contribution is 7.25. The van der Waals surface area contributed by atoms with Crippen molar-refractivity contribution in [1.82, 2.24) is 9.13 Å². The summed E-state index contributed by atoms with van der Waals surface area (Å²) in [4.78, 5) is 3.97. The molecule has 0 unspecified atom stereocenters. The highest BCUT2D eigenvalue weighted by Gasteiger charge is 2.18. The van der Waals surface area contributed by atoms with E-state index in [0.29, 0.717) is 11.3 Å². The lowest BCUT2D eigenvalue weighted by Gasteiger charge is -2.13. The Labute approximate surface area is 320 Å². The Morgan fingerprint density at radius 2 is 0.891 bits per heavy atom. The molecule has 3 heterocycles. The van der Waals surface area contributed by atoms with Crippen LogP contribution in [0, 0.1) is 17.9 Å². The van der Waals surface area contributed by atoms with Crippen LogP contribution < -0.4 is 0 Å². The number of fused-ring (bicyclic) bond motifs is 9. The maximum absolute atomic E-state index is 10.3. The molecular weight excluding hydrogens is 689 g/mol. The molecule has 0 bridgehead atoms. The number of para-hydroxylation sites is 4. The molecule has 0 aliphatic carbocycles. The van der Waals surface area contributed by atoms with Crippen LogP contribution in [0.25, 0.3) is 102 Å². The highest BCUT2D eigenvalue weighted by atomic mass is 32.1. The Morgan fingerprint density at radius 3 is 1.36 bits per heavy atom. The topological polar surface area (TPSA) is 38.0 Å². The average Bonchev–Trinajstić information content (AvgIpc) is 3.90. The van der Waals surface area contributed by atoms with Crippen molar-refractivity contribution in [3.8, 4) is 39.7 Å². The van der Waals surface area contributed by atoms with E-state index < -0.39 is 0 Å². The van der Waals surface area contributed by atoms with Crippen LogP contribution in [-0.4, -0.2) is 9.13 Å². The van der Waals surface area contributed by atoms with Crippen LogP contribution in [0.5, 0.6) is 0 Å². The standard InChI is InChI=1S/C50H28N4S/c1-52-44-23-22-35(54-47-16-8-4-12-38(47)39-13-5-9-17-48(39)54)29-41(44)32-20-25-50-43(27-32)42-26-31(19-24-49(42)55-50)40-28-34(21-18-33(40)30-51)53-45-14-6-2-10-36(45)37-11-3-7-15-46(37)53/h2-29H. The van der Waals surface area contributed by atoms with Gasteiger partial charge in [0.1, 0.15) is 0 Å². The minimum atomic E-state index is 0.615. The van der Waals surface area contributed by atoms with E-state index in [9.17, 15) is 5.26 Å². The van der Waals surface area contributed by atoms with Gasteiger partial charge in [0.05, 0.1) is 40.3 Å². The Hall–Kier alpha value is -7.44. The molecule has 5 heteroatoms. The van der Waals surface area contributed by atoms with Gasteiger partial charge >= 0.3 is 0 Å². The summed E-state index contributed by atoms with van der Waals surface area (Å²) < 4.78 is 6.95. The first-order valence-electron chi connectivity index (χ1n) is 18.2. The molecule has 0 aliphatic rings. The minimum Gasteiger partial charge on any atom is -0.309 e. The maximum atomic E-state index is 10.3. The van der Waals surface area contributed by atoms with Crippen LogP contribution in [0.2, 0.25) is 0 Å². The van der Waals surface area contributed by atoms with Gasteiger partial charge in [-0.25, -0.2) is 4.85 Å². The van der Waals surface area contributed by atoms with E-state index in [1.807, 2.05) is 18.2 Å². The predicted molar refractivity (Wildman–Crippen MR) is 230 cm³/mol. The van der Waals surface area contributed by atoms with E-state index in [2.05, 4.69) is 172 Å². The summed E-state index contributed by atoms with van der Waals surface area (Å²) in [6.07, 6.45) is 0. The fourth-order valence-electron chi connectivity index (χ4n) is 8.51. The first-order chi connectivity index (χ1) is 27.2. The van der Waals surface area contributed by atoms with Crippen molar-refractivity contribution < 1.29 is 0 Å². The first-order valence-corrected chi connectivity index (χ1v) is 19.0. The zero-order valence-corrected chi connectivity index (χ0v) is 30.2. The Balaban J connectivity index is 1.07. The van der Waals surface area contributed by atoms with Crippen molar-refractivity contribution in [3.63, 3.8) is 0 Å². The molecule has 254 valence electrons. The molecule has 0 fully saturated rings. The zero-order valence-electron chi connectivity index (χ0n) is 29.4. The summed E-state index contributed by atoms with van der Waals surface area (Å²) >= 11 is 1.76. The lowest BCUT2D eigenvalue weighted by Crippen LogP contribution is -1.96. The normalized spacial score (nSPS) is 11.6. The molecule has 0 N–H and O–H groups in total. The summed E-state index contributed by atoms with van der Waals surface area (Å²) in [6, 6.07) is 61.9. The van der Waals surface area contributed by atoms with E-state index >= 15 is 0 Å². The molecule has 55 heavy (non-hydrogen) atoms. The fourth-order valence-corrected chi connectivity index (χ4v) is 9.58. The van der Waals surface area contributed by atoms with Crippen molar-refractivity contribution in [2.24, 2.45) is 0 Å². The van der Waals surface area contributed by atoms with Crippen LogP contribution >= 0.6 is 11.3 Å². The molecule has 0 saturated carbocycles. The number of rotatable bonds is 4. The van der Waals surface area contributed by atoms with Gasteiger partial charge in [0.2, 0.25) is 0 Å².